The van der Waals surface area contributed by atoms with Crippen molar-refractivity contribution in [1.82, 2.24) is 24.4 Å². The molecule has 0 saturated carbocycles. The summed E-state index contributed by atoms with van der Waals surface area (Å²) >= 11 is 0. The summed E-state index contributed by atoms with van der Waals surface area (Å²) in [5.41, 5.74) is 0.430. The number of piperidine rings is 1. The van der Waals surface area contributed by atoms with Crippen molar-refractivity contribution in [3.63, 3.8) is 0 Å². The van der Waals surface area contributed by atoms with Gasteiger partial charge in [-0.2, -0.15) is 9.40 Å². The van der Waals surface area contributed by atoms with Gasteiger partial charge in [0.1, 0.15) is 0 Å². The minimum Gasteiger partial charge on any atom is -0.306 e. The van der Waals surface area contributed by atoms with Gasteiger partial charge in [0.2, 0.25) is 0 Å². The number of hydrogen-bond acceptors (Lipinski definition) is 5. The highest BCUT2D eigenvalue weighted by Crippen LogP contribution is 2.25. The van der Waals surface area contributed by atoms with Gasteiger partial charge in [0, 0.05) is 25.3 Å². The first-order chi connectivity index (χ1) is 11.0. The summed E-state index contributed by atoms with van der Waals surface area (Å²) in [6.45, 7) is 7.07. The van der Waals surface area contributed by atoms with Crippen molar-refractivity contribution in [2.75, 3.05) is 27.2 Å². The second kappa shape index (κ2) is 7.20. The van der Waals surface area contributed by atoms with Crippen LogP contribution in [0.25, 0.3) is 11.0 Å². The Labute approximate surface area is 137 Å². The average Bonchev–Trinajstić information content (AvgIpc) is 3.01. The third-order valence-electron chi connectivity index (χ3n) is 4.05. The highest BCUT2D eigenvalue weighted by molar-refractivity contribution is 7.89. The summed E-state index contributed by atoms with van der Waals surface area (Å²) in [5, 5.41) is 7.30. The van der Waals surface area contributed by atoms with E-state index in [0.29, 0.717) is 30.2 Å². The minimum atomic E-state index is -3.54. The lowest BCUT2D eigenvalue weighted by Gasteiger charge is -2.34. The zero-order chi connectivity index (χ0) is 17.0. The Morgan fingerprint density at radius 1 is 1.30 bits per heavy atom. The number of pyridine rings is 1. The molecule has 126 valence electrons. The number of rotatable bonds is 3. The first kappa shape index (κ1) is 17.6. The number of aromatic amines is 1. The van der Waals surface area contributed by atoms with Crippen LogP contribution in [0.5, 0.6) is 0 Å². The van der Waals surface area contributed by atoms with Crippen LogP contribution in [-0.4, -0.2) is 66.0 Å². The predicted molar refractivity (Wildman–Crippen MR) is 90.6 cm³/mol. The molecule has 0 unspecified atom stereocenters. The third kappa shape index (κ3) is 3.44. The Kier molecular flexibility index (Phi) is 5.51. The molecule has 1 aliphatic rings. The molecule has 0 atom stereocenters. The molecule has 8 heteroatoms. The van der Waals surface area contributed by atoms with E-state index in [1.165, 1.54) is 4.31 Å². The maximum Gasteiger partial charge on any atom is 0.260 e. The van der Waals surface area contributed by atoms with Gasteiger partial charge in [0.25, 0.3) is 10.0 Å². The molecular formula is C15H23N5O2S. The number of nitrogens with one attached hydrogen (secondary N) is 1. The van der Waals surface area contributed by atoms with E-state index in [0.717, 1.165) is 12.8 Å². The maximum atomic E-state index is 12.8. The van der Waals surface area contributed by atoms with Crippen molar-refractivity contribution in [3.8, 4) is 0 Å². The van der Waals surface area contributed by atoms with E-state index < -0.39 is 10.0 Å². The molecule has 1 fully saturated rings. The second-order valence-corrected chi connectivity index (χ2v) is 7.40. The van der Waals surface area contributed by atoms with Crippen LogP contribution >= 0.6 is 0 Å². The molecule has 1 saturated heterocycles. The number of hydrogen-bond donors (Lipinski definition) is 1. The lowest BCUT2D eigenvalue weighted by molar-refractivity contribution is 0.196. The van der Waals surface area contributed by atoms with Crippen molar-refractivity contribution in [1.29, 1.82) is 0 Å². The molecule has 2 aromatic rings. The number of sulfonamides is 1. The first-order valence-corrected chi connectivity index (χ1v) is 8.90. The molecule has 0 aromatic carbocycles. The molecule has 3 rings (SSSR count). The molecule has 2 aromatic heterocycles. The summed E-state index contributed by atoms with van der Waals surface area (Å²) < 4.78 is 27.0. The van der Waals surface area contributed by atoms with Crippen molar-refractivity contribution in [2.24, 2.45) is 0 Å². The molecule has 0 amide bonds. The molecule has 0 bridgehead atoms. The Morgan fingerprint density at radius 2 is 1.96 bits per heavy atom. The van der Waals surface area contributed by atoms with Gasteiger partial charge < -0.3 is 4.90 Å². The molecule has 3 heterocycles. The van der Waals surface area contributed by atoms with Crippen LogP contribution in [0.15, 0.2) is 36.5 Å². The zero-order valence-electron chi connectivity index (χ0n) is 13.6. The van der Waals surface area contributed by atoms with Gasteiger partial charge in [-0.25, -0.2) is 13.4 Å². The second-order valence-electron chi connectivity index (χ2n) is 5.53. The summed E-state index contributed by atoms with van der Waals surface area (Å²) in [5.74, 6) is 0. The van der Waals surface area contributed by atoms with E-state index in [-0.39, 0.29) is 5.03 Å². The van der Waals surface area contributed by atoms with E-state index in [9.17, 15) is 8.42 Å². The van der Waals surface area contributed by atoms with Crippen LogP contribution in [-0.2, 0) is 10.0 Å². The van der Waals surface area contributed by atoms with Crippen LogP contribution in [0.1, 0.15) is 12.8 Å². The molecule has 1 N–H and O–H groups in total. The Bertz CT molecular complexity index is 748. The number of aromatic nitrogens is 3. The molecule has 1 aliphatic heterocycles. The Hall–Kier alpha value is -1.77. The molecule has 0 spiro atoms. The van der Waals surface area contributed by atoms with Gasteiger partial charge in [-0.3, -0.25) is 5.10 Å². The summed E-state index contributed by atoms with van der Waals surface area (Å²) in [4.78, 5) is 6.22. The SMILES string of the molecule is C=C.CN(C)C1CCN(S(=O)(=O)c2[nH]nc3ncccc23)CC1. The van der Waals surface area contributed by atoms with Crippen LogP contribution in [0.3, 0.4) is 0 Å². The molecule has 0 radical (unpaired) electrons. The number of H-pyrrole nitrogens is 1. The van der Waals surface area contributed by atoms with Gasteiger partial charge in [-0.1, -0.05) is 0 Å². The standard InChI is InChI=1S/C13H19N5O2S.C2H4/c1-17(2)10-5-8-18(9-6-10)21(19,20)13-11-4-3-7-14-12(11)15-16-13;1-2/h3-4,7,10H,5-6,8-9H2,1-2H3,(H,14,15,16);1-2H2. The first-order valence-electron chi connectivity index (χ1n) is 7.46. The van der Waals surface area contributed by atoms with Crippen molar-refractivity contribution < 1.29 is 8.42 Å². The third-order valence-corrected chi connectivity index (χ3v) is 5.92. The highest BCUT2D eigenvalue weighted by atomic mass is 32.2. The topological polar surface area (TPSA) is 82.2 Å². The minimum absolute atomic E-state index is 0.147. The van der Waals surface area contributed by atoms with E-state index in [2.05, 4.69) is 33.2 Å². The fourth-order valence-corrected chi connectivity index (χ4v) is 4.30. The number of fused-ring (bicyclic) bond motifs is 1. The molecule has 23 heavy (non-hydrogen) atoms. The van der Waals surface area contributed by atoms with Crippen molar-refractivity contribution >= 4 is 21.1 Å². The average molecular weight is 337 g/mol. The van der Waals surface area contributed by atoms with E-state index >= 15 is 0 Å². The monoisotopic (exact) mass is 337 g/mol. The highest BCUT2D eigenvalue weighted by Gasteiger charge is 2.32. The van der Waals surface area contributed by atoms with Crippen LogP contribution in [0, 0.1) is 0 Å². The smallest absolute Gasteiger partial charge is 0.260 e. The Balaban J connectivity index is 0.000000924. The molecule has 7 nitrogen and oxygen atoms in total. The van der Waals surface area contributed by atoms with Crippen LogP contribution in [0.2, 0.25) is 0 Å². The Morgan fingerprint density at radius 3 is 2.57 bits per heavy atom. The van der Waals surface area contributed by atoms with Gasteiger partial charge >= 0.3 is 0 Å². The molecular weight excluding hydrogens is 314 g/mol. The summed E-state index contributed by atoms with van der Waals surface area (Å²) in [6, 6.07) is 3.89. The maximum absolute atomic E-state index is 12.8. The summed E-state index contributed by atoms with van der Waals surface area (Å²) in [7, 11) is 0.524. The molecule has 0 aliphatic carbocycles. The fraction of sp³-hybridized carbons (Fsp3) is 0.467. The fourth-order valence-electron chi connectivity index (χ4n) is 2.75. The lowest BCUT2D eigenvalue weighted by Crippen LogP contribution is -2.44. The van der Waals surface area contributed by atoms with E-state index in [1.807, 2.05) is 14.1 Å². The van der Waals surface area contributed by atoms with Gasteiger partial charge in [-0.05, 0) is 39.1 Å². The van der Waals surface area contributed by atoms with Crippen molar-refractivity contribution in [2.45, 2.75) is 23.9 Å². The largest absolute Gasteiger partial charge is 0.306 e. The van der Waals surface area contributed by atoms with E-state index in [4.69, 9.17) is 0 Å². The lowest BCUT2D eigenvalue weighted by atomic mass is 10.1. The normalized spacial score (nSPS) is 17.2. The van der Waals surface area contributed by atoms with Crippen LogP contribution < -0.4 is 0 Å². The van der Waals surface area contributed by atoms with Gasteiger partial charge in [0.15, 0.2) is 10.7 Å². The predicted octanol–water partition coefficient (Wildman–Crippen LogP) is 1.47. The van der Waals surface area contributed by atoms with Crippen molar-refractivity contribution in [3.05, 3.63) is 31.5 Å². The quantitative estimate of drug-likeness (QED) is 0.858. The van der Waals surface area contributed by atoms with Crippen LogP contribution in [0.4, 0.5) is 0 Å². The van der Waals surface area contributed by atoms with E-state index in [1.54, 1.807) is 18.3 Å². The van der Waals surface area contributed by atoms with Gasteiger partial charge in [0.05, 0.1) is 5.39 Å². The summed E-state index contributed by atoms with van der Waals surface area (Å²) in [6.07, 6.45) is 3.29. The van der Waals surface area contributed by atoms with Gasteiger partial charge in [-0.15, -0.1) is 13.2 Å². The zero-order valence-corrected chi connectivity index (χ0v) is 14.4. The number of nitrogens with zero attached hydrogens (tertiary/aromatic N) is 4.